The molecule has 0 aliphatic carbocycles. The number of rotatable bonds is 8. The largest absolute Gasteiger partial charge is 0.506 e. The van der Waals surface area contributed by atoms with E-state index in [1.165, 1.54) is 5.56 Å². The van der Waals surface area contributed by atoms with Gasteiger partial charge in [0.05, 0.1) is 29.4 Å². The van der Waals surface area contributed by atoms with Gasteiger partial charge in [0.15, 0.2) is 0 Å². The summed E-state index contributed by atoms with van der Waals surface area (Å²) in [5.74, 6) is 0.815. The van der Waals surface area contributed by atoms with Crippen molar-refractivity contribution in [1.29, 1.82) is 0 Å². The molecule has 5 aromatic rings. The Morgan fingerprint density at radius 3 is 2.50 bits per heavy atom. The molecule has 2 aromatic heterocycles. The van der Waals surface area contributed by atoms with Gasteiger partial charge in [-0.1, -0.05) is 24.3 Å². The van der Waals surface area contributed by atoms with Crippen LogP contribution in [0.5, 0.6) is 11.6 Å². The Hall–Kier alpha value is -4.73. The number of carbonyl (C=O) groups is 1. The molecule has 1 fully saturated rings. The molecule has 0 atom stereocenters. The van der Waals surface area contributed by atoms with Crippen LogP contribution in [0.15, 0.2) is 78.9 Å². The SMILES string of the molecule is COc1cccc(-c2cccc(-c3nc4ccc(C(=O)Nc5ccc(CCN6CCN(C)CC6)cc5)cc4[nH]3)c2O)n1. The summed E-state index contributed by atoms with van der Waals surface area (Å²) in [6, 6.07) is 24.2. The molecule has 1 aliphatic heterocycles. The van der Waals surface area contributed by atoms with Gasteiger partial charge < -0.3 is 29.9 Å². The van der Waals surface area contributed by atoms with Gasteiger partial charge in [0, 0.05) is 55.6 Å². The molecular weight excluding hydrogens is 528 g/mol. The van der Waals surface area contributed by atoms with Crippen molar-refractivity contribution in [3.05, 3.63) is 90.0 Å². The lowest BCUT2D eigenvalue weighted by atomic mass is 10.0. The Morgan fingerprint density at radius 1 is 0.952 bits per heavy atom. The Labute approximate surface area is 244 Å². The molecule has 0 radical (unpaired) electrons. The molecule has 0 spiro atoms. The Kier molecular flexibility index (Phi) is 7.85. The van der Waals surface area contributed by atoms with Crippen LogP contribution in [0.1, 0.15) is 15.9 Å². The van der Waals surface area contributed by atoms with Crippen molar-refractivity contribution in [2.24, 2.45) is 0 Å². The lowest BCUT2D eigenvalue weighted by molar-refractivity contribution is 0.102. The van der Waals surface area contributed by atoms with Crippen LogP contribution in [0.2, 0.25) is 0 Å². The molecule has 3 heterocycles. The number of amides is 1. The molecule has 0 unspecified atom stereocenters. The van der Waals surface area contributed by atoms with Gasteiger partial charge in [0.2, 0.25) is 5.88 Å². The van der Waals surface area contributed by atoms with E-state index in [0.717, 1.165) is 44.8 Å². The second kappa shape index (κ2) is 12.0. The Balaban J connectivity index is 1.14. The van der Waals surface area contributed by atoms with E-state index in [1.54, 1.807) is 43.5 Å². The third kappa shape index (κ3) is 5.97. The number of imidazole rings is 1. The van der Waals surface area contributed by atoms with Crippen molar-refractivity contribution in [2.75, 3.05) is 52.2 Å². The number of phenols is 1. The molecular formula is C33H34N6O3. The lowest BCUT2D eigenvalue weighted by Crippen LogP contribution is -2.45. The fraction of sp³-hybridized carbons (Fsp3) is 0.242. The molecule has 0 saturated carbocycles. The first-order valence-electron chi connectivity index (χ1n) is 14.1. The van der Waals surface area contributed by atoms with Crippen molar-refractivity contribution >= 4 is 22.6 Å². The van der Waals surface area contributed by atoms with E-state index in [-0.39, 0.29) is 11.7 Å². The molecule has 3 N–H and O–H groups in total. The van der Waals surface area contributed by atoms with E-state index in [2.05, 4.69) is 49.2 Å². The minimum atomic E-state index is -0.202. The monoisotopic (exact) mass is 562 g/mol. The number of anilines is 1. The number of pyridine rings is 1. The molecule has 1 aliphatic rings. The molecule has 6 rings (SSSR count). The highest BCUT2D eigenvalue weighted by Gasteiger charge is 2.17. The number of likely N-dealkylation sites (N-methyl/N-ethyl adjacent to an activating group) is 1. The van der Waals surface area contributed by atoms with Gasteiger partial charge in [-0.2, -0.15) is 0 Å². The highest BCUT2D eigenvalue weighted by atomic mass is 16.5. The number of H-pyrrole nitrogens is 1. The molecule has 42 heavy (non-hydrogen) atoms. The number of aromatic nitrogens is 3. The number of nitrogens with one attached hydrogen (secondary N) is 2. The number of hydrogen-bond donors (Lipinski definition) is 3. The number of piperazine rings is 1. The van der Waals surface area contributed by atoms with Crippen LogP contribution in [0.3, 0.4) is 0 Å². The molecule has 9 heteroatoms. The summed E-state index contributed by atoms with van der Waals surface area (Å²) in [5, 5.41) is 14.1. The molecule has 3 aromatic carbocycles. The number of para-hydroxylation sites is 1. The van der Waals surface area contributed by atoms with Crippen LogP contribution < -0.4 is 10.1 Å². The zero-order valence-corrected chi connectivity index (χ0v) is 23.8. The minimum absolute atomic E-state index is 0.0576. The van der Waals surface area contributed by atoms with Gasteiger partial charge in [0.1, 0.15) is 11.6 Å². The predicted octanol–water partition coefficient (Wildman–Crippen LogP) is 5.05. The Bertz CT molecular complexity index is 1710. The molecule has 0 bridgehead atoms. The van der Waals surface area contributed by atoms with Crippen LogP contribution in [-0.2, 0) is 6.42 Å². The zero-order valence-electron chi connectivity index (χ0n) is 23.8. The van der Waals surface area contributed by atoms with Gasteiger partial charge in [-0.05, 0) is 67.6 Å². The first-order valence-corrected chi connectivity index (χ1v) is 14.1. The normalized spacial score (nSPS) is 14.2. The van der Waals surface area contributed by atoms with Gasteiger partial charge in [-0.3, -0.25) is 4.79 Å². The highest BCUT2D eigenvalue weighted by Crippen LogP contribution is 2.37. The summed E-state index contributed by atoms with van der Waals surface area (Å²) in [4.78, 5) is 30.3. The molecule has 1 saturated heterocycles. The van der Waals surface area contributed by atoms with E-state index < -0.39 is 0 Å². The van der Waals surface area contributed by atoms with Gasteiger partial charge in [0.25, 0.3) is 5.91 Å². The highest BCUT2D eigenvalue weighted by molar-refractivity contribution is 6.06. The van der Waals surface area contributed by atoms with E-state index in [4.69, 9.17) is 4.74 Å². The fourth-order valence-electron chi connectivity index (χ4n) is 5.21. The molecule has 1 amide bonds. The van der Waals surface area contributed by atoms with Crippen molar-refractivity contribution in [2.45, 2.75) is 6.42 Å². The number of aromatic hydroxyl groups is 1. The van der Waals surface area contributed by atoms with Gasteiger partial charge in [-0.15, -0.1) is 0 Å². The van der Waals surface area contributed by atoms with Gasteiger partial charge >= 0.3 is 0 Å². The van der Waals surface area contributed by atoms with Crippen molar-refractivity contribution < 1.29 is 14.6 Å². The average molecular weight is 563 g/mol. The van der Waals surface area contributed by atoms with Crippen LogP contribution in [0.4, 0.5) is 5.69 Å². The van der Waals surface area contributed by atoms with E-state index in [1.807, 2.05) is 30.3 Å². The number of ether oxygens (including phenoxy) is 1. The second-order valence-electron chi connectivity index (χ2n) is 10.6. The van der Waals surface area contributed by atoms with Crippen LogP contribution in [0, 0.1) is 0 Å². The van der Waals surface area contributed by atoms with E-state index in [0.29, 0.717) is 45.1 Å². The topological polar surface area (TPSA) is 107 Å². The standard InChI is InChI=1S/C33H34N6O3/c1-38-17-19-39(20-18-38)16-15-22-9-12-24(13-10-22)34-33(41)23-11-14-28-29(21-23)37-32(36-28)26-6-3-5-25(31(26)40)27-7-4-8-30(35-27)42-2/h3-14,21,40H,15-20H2,1-2H3,(H,34,41)(H,36,37). The predicted molar refractivity (Wildman–Crippen MR) is 165 cm³/mol. The second-order valence-corrected chi connectivity index (χ2v) is 10.6. The summed E-state index contributed by atoms with van der Waals surface area (Å²) >= 11 is 0. The summed E-state index contributed by atoms with van der Waals surface area (Å²) in [7, 11) is 3.72. The number of fused-ring (bicyclic) bond motifs is 1. The first kappa shape index (κ1) is 27.4. The summed E-state index contributed by atoms with van der Waals surface area (Å²) in [5.41, 5.74) is 5.60. The lowest BCUT2D eigenvalue weighted by Gasteiger charge is -2.32. The van der Waals surface area contributed by atoms with Crippen molar-refractivity contribution in [1.82, 2.24) is 24.8 Å². The number of methoxy groups -OCH3 is 1. The van der Waals surface area contributed by atoms with Crippen LogP contribution in [-0.4, -0.2) is 82.6 Å². The quantitative estimate of drug-likeness (QED) is 0.243. The maximum atomic E-state index is 13.1. The number of benzene rings is 3. The van der Waals surface area contributed by atoms with Crippen molar-refractivity contribution in [3.63, 3.8) is 0 Å². The molecule has 9 nitrogen and oxygen atoms in total. The maximum Gasteiger partial charge on any atom is 0.255 e. The minimum Gasteiger partial charge on any atom is -0.506 e. The number of aromatic amines is 1. The number of phenolic OH excluding ortho intramolecular Hbond substituents is 1. The average Bonchev–Trinajstić information content (AvgIpc) is 3.45. The third-order valence-corrected chi connectivity index (χ3v) is 7.77. The number of nitrogens with zero attached hydrogens (tertiary/aromatic N) is 4. The summed E-state index contributed by atoms with van der Waals surface area (Å²) in [6.07, 6.45) is 0.991. The van der Waals surface area contributed by atoms with E-state index >= 15 is 0 Å². The third-order valence-electron chi connectivity index (χ3n) is 7.77. The number of carbonyl (C=O) groups excluding carboxylic acids is 1. The van der Waals surface area contributed by atoms with Gasteiger partial charge in [-0.25, -0.2) is 9.97 Å². The summed E-state index contributed by atoms with van der Waals surface area (Å²) in [6.45, 7) is 5.51. The van der Waals surface area contributed by atoms with Crippen molar-refractivity contribution in [3.8, 4) is 34.3 Å². The Morgan fingerprint density at radius 2 is 1.71 bits per heavy atom. The smallest absolute Gasteiger partial charge is 0.255 e. The summed E-state index contributed by atoms with van der Waals surface area (Å²) < 4.78 is 5.23. The molecule has 214 valence electrons. The fourth-order valence-corrected chi connectivity index (χ4v) is 5.21. The first-order chi connectivity index (χ1) is 20.5. The number of hydrogen-bond acceptors (Lipinski definition) is 7. The maximum absolute atomic E-state index is 13.1. The zero-order chi connectivity index (χ0) is 29.1. The van der Waals surface area contributed by atoms with Crippen LogP contribution >= 0.6 is 0 Å². The van der Waals surface area contributed by atoms with E-state index in [9.17, 15) is 9.90 Å². The van der Waals surface area contributed by atoms with Crippen LogP contribution in [0.25, 0.3) is 33.7 Å².